The topological polar surface area (TPSA) is 92.4 Å². The van der Waals surface area contributed by atoms with Crippen molar-refractivity contribution < 1.29 is 9.90 Å². The Hall–Kier alpha value is -3.65. The number of hydrazone groups is 1. The fraction of sp³-hybridized carbons (Fsp3) is 0.0909. The Balaban J connectivity index is 1.42. The highest BCUT2D eigenvalue weighted by atomic mass is 32.2. The molecule has 0 aliphatic carbocycles. The molecule has 8 heteroatoms. The summed E-state index contributed by atoms with van der Waals surface area (Å²) >= 11 is 1.28. The van der Waals surface area contributed by atoms with Gasteiger partial charge < -0.3 is 5.11 Å². The molecule has 0 aliphatic rings. The van der Waals surface area contributed by atoms with Crippen LogP contribution in [0.2, 0.25) is 0 Å². The second-order valence-corrected chi connectivity index (χ2v) is 7.44. The smallest absolute Gasteiger partial charge is 0.250 e. The molecule has 2 N–H and O–H groups in total. The Labute approximate surface area is 177 Å². The Morgan fingerprint density at radius 2 is 1.87 bits per heavy atom. The van der Waals surface area contributed by atoms with Crippen LogP contribution in [0, 0.1) is 6.92 Å². The minimum atomic E-state index is -0.281. The van der Waals surface area contributed by atoms with Crippen LogP contribution < -0.4 is 5.43 Å². The standard InChI is InChI=1S/C22H19N5O2S/c1-15-24-26-22(27(15)17-8-3-2-4-9-17)30-14-21(29)25-23-13-19-18-10-6-5-7-16(18)11-12-20(19)28/h2-13,28H,14H2,1H3,(H,25,29). The molecule has 0 fully saturated rings. The second kappa shape index (κ2) is 8.79. The van der Waals surface area contributed by atoms with Gasteiger partial charge in [-0.25, -0.2) is 5.43 Å². The summed E-state index contributed by atoms with van der Waals surface area (Å²) < 4.78 is 1.90. The van der Waals surface area contributed by atoms with Crippen LogP contribution in [0.1, 0.15) is 11.4 Å². The lowest BCUT2D eigenvalue weighted by Gasteiger charge is -2.07. The highest BCUT2D eigenvalue weighted by Crippen LogP contribution is 2.25. The van der Waals surface area contributed by atoms with Crippen LogP contribution in [0.5, 0.6) is 5.75 Å². The molecule has 0 saturated heterocycles. The molecule has 3 aromatic carbocycles. The summed E-state index contributed by atoms with van der Waals surface area (Å²) in [4.78, 5) is 12.2. The number of rotatable bonds is 6. The number of para-hydroxylation sites is 1. The molecule has 0 radical (unpaired) electrons. The highest BCUT2D eigenvalue weighted by molar-refractivity contribution is 7.99. The predicted octanol–water partition coefficient (Wildman–Crippen LogP) is 3.68. The van der Waals surface area contributed by atoms with Gasteiger partial charge in [0.15, 0.2) is 5.16 Å². The van der Waals surface area contributed by atoms with E-state index in [1.54, 1.807) is 6.07 Å². The molecule has 4 rings (SSSR count). The number of amides is 1. The van der Waals surface area contributed by atoms with Gasteiger partial charge in [-0.2, -0.15) is 5.10 Å². The second-order valence-electron chi connectivity index (χ2n) is 6.50. The maximum atomic E-state index is 12.2. The number of hydrogen-bond donors (Lipinski definition) is 2. The van der Waals surface area contributed by atoms with E-state index in [2.05, 4.69) is 20.7 Å². The predicted molar refractivity (Wildman–Crippen MR) is 118 cm³/mol. The highest BCUT2D eigenvalue weighted by Gasteiger charge is 2.13. The average molecular weight is 417 g/mol. The fourth-order valence-corrected chi connectivity index (χ4v) is 3.85. The van der Waals surface area contributed by atoms with E-state index in [1.165, 1.54) is 18.0 Å². The molecule has 0 unspecified atom stereocenters. The van der Waals surface area contributed by atoms with Gasteiger partial charge in [0.1, 0.15) is 11.6 Å². The van der Waals surface area contributed by atoms with E-state index in [0.29, 0.717) is 10.7 Å². The molecule has 0 bridgehead atoms. The summed E-state index contributed by atoms with van der Waals surface area (Å²) in [5, 5.41) is 24.9. The lowest BCUT2D eigenvalue weighted by molar-refractivity contribution is -0.118. The van der Waals surface area contributed by atoms with Gasteiger partial charge in [-0.3, -0.25) is 9.36 Å². The number of aromatic hydroxyl groups is 1. The summed E-state index contributed by atoms with van der Waals surface area (Å²) in [6, 6.07) is 20.8. The zero-order valence-corrected chi connectivity index (χ0v) is 17.0. The minimum Gasteiger partial charge on any atom is -0.507 e. The van der Waals surface area contributed by atoms with Crippen molar-refractivity contribution in [3.8, 4) is 11.4 Å². The van der Waals surface area contributed by atoms with Gasteiger partial charge in [0.25, 0.3) is 5.91 Å². The number of phenols is 1. The lowest BCUT2D eigenvalue weighted by Crippen LogP contribution is -2.20. The first-order chi connectivity index (χ1) is 14.6. The van der Waals surface area contributed by atoms with Crippen molar-refractivity contribution in [1.29, 1.82) is 0 Å². The molecule has 7 nitrogen and oxygen atoms in total. The number of nitrogens with one attached hydrogen (secondary N) is 1. The summed E-state index contributed by atoms with van der Waals surface area (Å²) in [6.45, 7) is 1.87. The normalized spacial score (nSPS) is 11.2. The van der Waals surface area contributed by atoms with E-state index in [1.807, 2.05) is 72.2 Å². The summed E-state index contributed by atoms with van der Waals surface area (Å²) in [6.07, 6.45) is 1.46. The van der Waals surface area contributed by atoms with Gasteiger partial charge in [-0.15, -0.1) is 10.2 Å². The first-order valence-electron chi connectivity index (χ1n) is 9.26. The average Bonchev–Trinajstić information content (AvgIpc) is 3.14. The molecule has 4 aromatic rings. The summed E-state index contributed by atoms with van der Waals surface area (Å²) in [7, 11) is 0. The number of carbonyl (C=O) groups excluding carboxylic acids is 1. The third-order valence-electron chi connectivity index (χ3n) is 4.47. The Bertz CT molecular complexity index is 1220. The van der Waals surface area contributed by atoms with Gasteiger partial charge in [0.05, 0.1) is 12.0 Å². The van der Waals surface area contributed by atoms with Crippen molar-refractivity contribution in [2.24, 2.45) is 5.10 Å². The summed E-state index contributed by atoms with van der Waals surface area (Å²) in [5.74, 6) is 0.696. The van der Waals surface area contributed by atoms with Crippen LogP contribution in [0.15, 0.2) is 77.0 Å². The quantitative estimate of drug-likeness (QED) is 0.284. The molecule has 1 aromatic heterocycles. The number of phenolic OH excluding ortho intramolecular Hbond substituents is 1. The van der Waals surface area contributed by atoms with E-state index in [0.717, 1.165) is 22.3 Å². The summed E-state index contributed by atoms with van der Waals surface area (Å²) in [5.41, 5.74) is 3.99. The maximum Gasteiger partial charge on any atom is 0.250 e. The number of hydrogen-bond acceptors (Lipinski definition) is 6. The number of aromatic nitrogens is 3. The number of carbonyl (C=O) groups is 1. The van der Waals surface area contributed by atoms with E-state index in [9.17, 15) is 9.90 Å². The Morgan fingerprint density at radius 1 is 1.10 bits per heavy atom. The van der Waals surface area contributed by atoms with Crippen molar-refractivity contribution in [3.05, 3.63) is 78.1 Å². The first-order valence-corrected chi connectivity index (χ1v) is 10.2. The van der Waals surface area contributed by atoms with E-state index in [-0.39, 0.29) is 17.4 Å². The molecule has 0 atom stereocenters. The Morgan fingerprint density at radius 3 is 2.70 bits per heavy atom. The van der Waals surface area contributed by atoms with Gasteiger partial charge in [-0.1, -0.05) is 60.3 Å². The zero-order valence-electron chi connectivity index (χ0n) is 16.2. The van der Waals surface area contributed by atoms with Crippen LogP contribution in [-0.2, 0) is 4.79 Å². The third-order valence-corrected chi connectivity index (χ3v) is 5.40. The van der Waals surface area contributed by atoms with E-state index >= 15 is 0 Å². The monoisotopic (exact) mass is 417 g/mol. The third kappa shape index (κ3) is 4.18. The van der Waals surface area contributed by atoms with Crippen molar-refractivity contribution in [2.75, 3.05) is 5.75 Å². The molecule has 0 aliphatic heterocycles. The van der Waals surface area contributed by atoms with Crippen molar-refractivity contribution >= 4 is 34.7 Å². The largest absolute Gasteiger partial charge is 0.507 e. The van der Waals surface area contributed by atoms with Crippen molar-refractivity contribution in [2.45, 2.75) is 12.1 Å². The van der Waals surface area contributed by atoms with Crippen LogP contribution in [0.25, 0.3) is 16.5 Å². The molecule has 1 heterocycles. The lowest BCUT2D eigenvalue weighted by atomic mass is 10.0. The van der Waals surface area contributed by atoms with Crippen molar-refractivity contribution in [3.63, 3.8) is 0 Å². The van der Waals surface area contributed by atoms with Crippen LogP contribution in [0.3, 0.4) is 0 Å². The van der Waals surface area contributed by atoms with Crippen LogP contribution >= 0.6 is 11.8 Å². The maximum absolute atomic E-state index is 12.2. The number of aryl methyl sites for hydroxylation is 1. The fourth-order valence-electron chi connectivity index (χ4n) is 3.06. The van der Waals surface area contributed by atoms with Crippen LogP contribution in [-0.4, -0.2) is 37.7 Å². The van der Waals surface area contributed by atoms with Gasteiger partial charge in [0.2, 0.25) is 0 Å². The van der Waals surface area contributed by atoms with Crippen LogP contribution in [0.4, 0.5) is 0 Å². The molecule has 150 valence electrons. The molecular weight excluding hydrogens is 398 g/mol. The van der Waals surface area contributed by atoms with Gasteiger partial charge in [-0.05, 0) is 35.9 Å². The van der Waals surface area contributed by atoms with E-state index < -0.39 is 0 Å². The minimum absolute atomic E-state index is 0.104. The zero-order chi connectivity index (χ0) is 20.9. The number of benzene rings is 3. The van der Waals surface area contributed by atoms with Gasteiger partial charge >= 0.3 is 0 Å². The van der Waals surface area contributed by atoms with Gasteiger partial charge in [0, 0.05) is 11.3 Å². The molecule has 30 heavy (non-hydrogen) atoms. The Kier molecular flexibility index (Phi) is 5.76. The first kappa shape index (κ1) is 19.7. The number of nitrogens with zero attached hydrogens (tertiary/aromatic N) is 4. The van der Waals surface area contributed by atoms with Crippen molar-refractivity contribution in [1.82, 2.24) is 20.2 Å². The number of fused-ring (bicyclic) bond motifs is 1. The molecule has 1 amide bonds. The molecule has 0 spiro atoms. The SMILES string of the molecule is Cc1nnc(SCC(=O)NN=Cc2c(O)ccc3ccccc23)n1-c1ccccc1. The number of thioether (sulfide) groups is 1. The molecule has 0 saturated carbocycles. The molecular formula is C22H19N5O2S. The van der Waals surface area contributed by atoms with E-state index in [4.69, 9.17) is 0 Å².